The molecule has 6 nitrogen and oxygen atoms in total. The van der Waals surface area contributed by atoms with Crippen molar-refractivity contribution in [3.63, 3.8) is 0 Å². The molecule has 0 aromatic heterocycles. The lowest BCUT2D eigenvalue weighted by atomic mass is 10.2. The van der Waals surface area contributed by atoms with Gasteiger partial charge in [-0.15, -0.1) is 0 Å². The molecule has 0 bridgehead atoms. The summed E-state index contributed by atoms with van der Waals surface area (Å²) in [5.74, 6) is -0.0735. The Balaban J connectivity index is 2.40. The molecule has 7 heteroatoms. The molecule has 1 heterocycles. The molecule has 0 atom stereocenters. The summed E-state index contributed by atoms with van der Waals surface area (Å²) in [4.78, 5) is 10.4. The molecular weight excluding hydrogens is 218 g/mol. The molecule has 3 N–H and O–H groups in total. The first-order chi connectivity index (χ1) is 7.02. The Morgan fingerprint density at radius 2 is 1.87 bits per heavy atom. The fourth-order valence-corrected chi connectivity index (χ4v) is 3.01. The molecule has 1 rings (SSSR count). The van der Waals surface area contributed by atoms with E-state index in [0.29, 0.717) is 13.1 Å². The van der Waals surface area contributed by atoms with Crippen molar-refractivity contribution in [2.45, 2.75) is 19.3 Å². The van der Waals surface area contributed by atoms with Crippen LogP contribution in [-0.4, -0.2) is 44.1 Å². The number of urea groups is 1. The number of sulfonamides is 1. The molecule has 0 saturated carbocycles. The molecule has 1 saturated heterocycles. The minimum Gasteiger partial charge on any atom is -0.352 e. The summed E-state index contributed by atoms with van der Waals surface area (Å²) >= 11 is 0. The minimum absolute atomic E-state index is 0.0735. The summed E-state index contributed by atoms with van der Waals surface area (Å²) < 4.78 is 24.9. The second-order valence-electron chi connectivity index (χ2n) is 3.57. The lowest BCUT2D eigenvalue weighted by Crippen LogP contribution is -2.41. The summed E-state index contributed by atoms with van der Waals surface area (Å²) in [5, 5.41) is 2.27. The smallest absolute Gasteiger partial charge is 0.312 e. The Bertz CT molecular complexity index is 309. The lowest BCUT2D eigenvalue weighted by Gasteiger charge is -2.25. The molecule has 1 aliphatic rings. The summed E-state index contributed by atoms with van der Waals surface area (Å²) in [5.41, 5.74) is 4.84. The molecular formula is C8H17N3O3S. The molecule has 0 aliphatic carbocycles. The van der Waals surface area contributed by atoms with Crippen molar-refractivity contribution in [2.75, 3.05) is 25.4 Å². The molecule has 15 heavy (non-hydrogen) atoms. The third-order valence-electron chi connectivity index (χ3n) is 2.37. The summed E-state index contributed by atoms with van der Waals surface area (Å²) in [7, 11) is -3.22. The van der Waals surface area contributed by atoms with E-state index in [4.69, 9.17) is 5.73 Å². The summed E-state index contributed by atoms with van der Waals surface area (Å²) in [6, 6.07) is -0.691. The van der Waals surface area contributed by atoms with E-state index in [1.165, 1.54) is 4.31 Å². The number of carbonyl (C=O) groups is 1. The van der Waals surface area contributed by atoms with Crippen molar-refractivity contribution in [3.8, 4) is 0 Å². The van der Waals surface area contributed by atoms with Crippen molar-refractivity contribution in [2.24, 2.45) is 5.73 Å². The van der Waals surface area contributed by atoms with Crippen molar-refractivity contribution >= 4 is 16.1 Å². The van der Waals surface area contributed by atoms with E-state index < -0.39 is 16.1 Å². The summed E-state index contributed by atoms with van der Waals surface area (Å²) in [6.45, 7) is 1.27. The Labute approximate surface area is 89.9 Å². The Morgan fingerprint density at radius 3 is 2.40 bits per heavy atom. The Hall–Kier alpha value is -0.820. The number of piperidine rings is 1. The van der Waals surface area contributed by atoms with Crippen LogP contribution in [0.5, 0.6) is 0 Å². The third-order valence-corrected chi connectivity index (χ3v) is 4.24. The van der Waals surface area contributed by atoms with Gasteiger partial charge >= 0.3 is 6.03 Å². The van der Waals surface area contributed by atoms with Gasteiger partial charge in [-0.1, -0.05) is 6.42 Å². The van der Waals surface area contributed by atoms with Crippen molar-refractivity contribution in [1.82, 2.24) is 9.62 Å². The zero-order valence-electron chi connectivity index (χ0n) is 8.61. The molecule has 88 valence electrons. The van der Waals surface area contributed by atoms with E-state index in [1.807, 2.05) is 0 Å². The molecule has 1 fully saturated rings. The van der Waals surface area contributed by atoms with Gasteiger partial charge in [0.25, 0.3) is 0 Å². The molecule has 0 radical (unpaired) electrons. The van der Waals surface area contributed by atoms with Crippen molar-refractivity contribution < 1.29 is 13.2 Å². The first kappa shape index (κ1) is 12.3. The van der Waals surface area contributed by atoms with Crippen molar-refractivity contribution in [3.05, 3.63) is 0 Å². The third kappa shape index (κ3) is 4.05. The zero-order chi connectivity index (χ0) is 11.3. The number of hydrogen-bond acceptors (Lipinski definition) is 3. The maximum absolute atomic E-state index is 11.7. The Morgan fingerprint density at radius 1 is 1.27 bits per heavy atom. The predicted molar refractivity (Wildman–Crippen MR) is 56.8 cm³/mol. The Kier molecular flexibility index (Phi) is 4.34. The number of nitrogens with zero attached hydrogens (tertiary/aromatic N) is 1. The number of nitrogens with two attached hydrogens (primary N) is 1. The van der Waals surface area contributed by atoms with Crippen molar-refractivity contribution in [1.29, 1.82) is 0 Å². The van der Waals surface area contributed by atoms with Crippen LogP contribution in [0.3, 0.4) is 0 Å². The quantitative estimate of drug-likeness (QED) is 0.686. The van der Waals surface area contributed by atoms with Crippen LogP contribution in [0.4, 0.5) is 4.79 Å². The topological polar surface area (TPSA) is 92.5 Å². The van der Waals surface area contributed by atoms with Crippen LogP contribution in [0.2, 0.25) is 0 Å². The van der Waals surface area contributed by atoms with Gasteiger partial charge in [0.15, 0.2) is 0 Å². The average molecular weight is 235 g/mol. The molecule has 1 aliphatic heterocycles. The van der Waals surface area contributed by atoms with E-state index in [1.54, 1.807) is 0 Å². The zero-order valence-corrected chi connectivity index (χ0v) is 9.42. The van der Waals surface area contributed by atoms with Crippen LogP contribution in [0, 0.1) is 0 Å². The first-order valence-corrected chi connectivity index (χ1v) is 6.64. The molecule has 0 aromatic carbocycles. The summed E-state index contributed by atoms with van der Waals surface area (Å²) in [6.07, 6.45) is 2.93. The lowest BCUT2D eigenvalue weighted by molar-refractivity contribution is 0.249. The van der Waals surface area contributed by atoms with Crippen LogP contribution < -0.4 is 11.1 Å². The second-order valence-corrected chi connectivity index (χ2v) is 5.66. The maximum atomic E-state index is 11.7. The number of primary amides is 1. The van der Waals surface area contributed by atoms with Gasteiger partial charge in [0.05, 0.1) is 5.75 Å². The standard InChI is InChI=1S/C8H17N3O3S/c9-8(12)10-4-7-15(13,14)11-5-2-1-3-6-11/h1-7H2,(H3,9,10,12). The average Bonchev–Trinajstić information content (AvgIpc) is 2.18. The van der Waals surface area contributed by atoms with Crippen LogP contribution >= 0.6 is 0 Å². The van der Waals surface area contributed by atoms with Gasteiger partial charge in [0, 0.05) is 19.6 Å². The van der Waals surface area contributed by atoms with E-state index >= 15 is 0 Å². The molecule has 0 aromatic rings. The van der Waals surface area contributed by atoms with E-state index in [9.17, 15) is 13.2 Å². The van der Waals surface area contributed by atoms with Gasteiger partial charge in [-0.2, -0.15) is 0 Å². The van der Waals surface area contributed by atoms with Gasteiger partial charge in [0.1, 0.15) is 0 Å². The van der Waals surface area contributed by atoms with Gasteiger partial charge < -0.3 is 11.1 Å². The number of carbonyl (C=O) groups excluding carboxylic acids is 1. The van der Waals surface area contributed by atoms with Crippen LogP contribution in [0.15, 0.2) is 0 Å². The molecule has 2 amide bonds. The highest BCUT2D eigenvalue weighted by molar-refractivity contribution is 7.89. The predicted octanol–water partition coefficient (Wildman–Crippen LogP) is -0.530. The van der Waals surface area contributed by atoms with Gasteiger partial charge in [-0.05, 0) is 12.8 Å². The fraction of sp³-hybridized carbons (Fsp3) is 0.875. The number of nitrogens with one attached hydrogen (secondary N) is 1. The fourth-order valence-electron chi connectivity index (χ4n) is 1.58. The van der Waals surface area contributed by atoms with Gasteiger partial charge in [-0.3, -0.25) is 0 Å². The number of hydrogen-bond donors (Lipinski definition) is 2. The van der Waals surface area contributed by atoms with Crippen LogP contribution in [0.1, 0.15) is 19.3 Å². The monoisotopic (exact) mass is 235 g/mol. The van der Waals surface area contributed by atoms with E-state index in [2.05, 4.69) is 5.32 Å². The van der Waals surface area contributed by atoms with Crippen LogP contribution in [0.25, 0.3) is 0 Å². The van der Waals surface area contributed by atoms with Crippen LogP contribution in [-0.2, 0) is 10.0 Å². The minimum atomic E-state index is -3.22. The highest BCUT2D eigenvalue weighted by atomic mass is 32.2. The molecule has 0 spiro atoms. The van der Waals surface area contributed by atoms with Gasteiger partial charge in [-0.25, -0.2) is 17.5 Å². The highest BCUT2D eigenvalue weighted by Gasteiger charge is 2.23. The highest BCUT2D eigenvalue weighted by Crippen LogP contribution is 2.12. The van der Waals surface area contributed by atoms with E-state index in [0.717, 1.165) is 19.3 Å². The SMILES string of the molecule is NC(=O)NCCS(=O)(=O)N1CCCCC1. The largest absolute Gasteiger partial charge is 0.352 e. The van der Waals surface area contributed by atoms with Gasteiger partial charge in [0.2, 0.25) is 10.0 Å². The van der Waals surface area contributed by atoms with E-state index in [-0.39, 0.29) is 12.3 Å². The number of rotatable bonds is 4. The second kappa shape index (κ2) is 5.32. The normalized spacial score (nSPS) is 18.7. The molecule has 0 unspecified atom stereocenters. The number of amides is 2. The maximum Gasteiger partial charge on any atom is 0.312 e. The first-order valence-electron chi connectivity index (χ1n) is 5.03.